The third-order valence-corrected chi connectivity index (χ3v) is 0. The monoisotopic (exact) mass is 468 g/mol. The first-order valence-corrected chi connectivity index (χ1v) is 4.24. The van der Waals surface area contributed by atoms with Gasteiger partial charge < -0.3 is 23.8 Å². The van der Waals surface area contributed by atoms with Crippen molar-refractivity contribution in [1.82, 2.24) is 0 Å². The van der Waals surface area contributed by atoms with Crippen LogP contribution in [-0.2, 0) is 15.0 Å². The Morgan fingerprint density at radius 2 is 1.08 bits per heavy atom. The fourth-order valence-corrected chi connectivity index (χ4v) is 0. The molecule has 0 saturated carbocycles. The second-order valence-corrected chi connectivity index (χ2v) is 2.62. The van der Waals surface area contributed by atoms with Crippen molar-refractivity contribution in [3.63, 3.8) is 0 Å². The maximum Gasteiger partial charge on any atom is 2.00 e. The Kier molecular flexibility index (Phi) is 21.6. The van der Waals surface area contributed by atoms with Gasteiger partial charge in [0, 0.05) is 0 Å². The number of rotatable bonds is 0. The van der Waals surface area contributed by atoms with Crippen molar-refractivity contribution in [2.24, 2.45) is 0 Å². The predicted octanol–water partition coefficient (Wildman–Crippen LogP) is -4.58. The molecule has 0 aromatic carbocycles. The van der Waals surface area contributed by atoms with E-state index in [1.807, 2.05) is 0 Å². The van der Waals surface area contributed by atoms with Crippen LogP contribution in [0.4, 0.5) is 0 Å². The van der Waals surface area contributed by atoms with Crippen LogP contribution in [0.2, 0.25) is 0 Å². The Labute approximate surface area is 149 Å². The summed E-state index contributed by atoms with van der Waals surface area (Å²) in [5, 5.41) is 0. The zero-order valence-corrected chi connectivity index (χ0v) is 16.2. The van der Waals surface area contributed by atoms with Crippen molar-refractivity contribution >= 4 is 116 Å². The fourth-order valence-electron chi connectivity index (χ4n) is 0. The molecule has 8 nitrogen and oxygen atoms in total. The van der Waals surface area contributed by atoms with Gasteiger partial charge in [-0.1, -0.05) is 0 Å². The van der Waals surface area contributed by atoms with E-state index in [0.717, 1.165) is 0 Å². The smallest absolute Gasteiger partial charge is 0.822 e. The van der Waals surface area contributed by atoms with Crippen LogP contribution in [0, 0.1) is 0 Å². The third kappa shape index (κ3) is 198. The molecule has 0 bridgehead atoms. The average molecular weight is 467 g/mol. The van der Waals surface area contributed by atoms with Gasteiger partial charge in [-0.15, -0.1) is 0 Å². The molecule has 0 aromatic rings. The van der Waals surface area contributed by atoms with Crippen LogP contribution in [0.25, 0.3) is 0 Å². The van der Waals surface area contributed by atoms with Crippen LogP contribution in [0.3, 0.4) is 0 Å². The minimum Gasteiger partial charge on any atom is -0.822 e. The molecule has 64 valence electrons. The number of hydrogen-bond acceptors (Lipinski definition) is 7. The van der Waals surface area contributed by atoms with E-state index in [0.29, 0.717) is 0 Å². The van der Waals surface area contributed by atoms with E-state index < -0.39 is 18.2 Å². The zero-order valence-electron chi connectivity index (χ0n) is 5.57. The van der Waals surface area contributed by atoms with Crippen molar-refractivity contribution in [2.75, 3.05) is 0 Å². The molecule has 0 fully saturated rings. The van der Waals surface area contributed by atoms with Crippen LogP contribution in [0.1, 0.15) is 0 Å². The van der Waals surface area contributed by atoms with Gasteiger partial charge in [-0.05, 0) is 0 Å². The second kappa shape index (κ2) is 10.6. The summed E-state index contributed by atoms with van der Waals surface area (Å²) in [5.41, 5.74) is 0. The molecule has 12 heteroatoms. The molecule has 0 aliphatic heterocycles. The first-order valence-electron chi connectivity index (χ1n) is 1.41. The molecule has 0 heterocycles. The summed E-state index contributed by atoms with van der Waals surface area (Å²) >= 11 is 0. The summed E-state index contributed by atoms with van der Waals surface area (Å²) in [5.74, 6) is 0. The molecule has 0 atom stereocenters. The summed E-state index contributed by atoms with van der Waals surface area (Å²) in [6.45, 7) is 0. The van der Waals surface area contributed by atoms with E-state index in [2.05, 4.69) is 0 Å². The Morgan fingerprint density at radius 3 is 1.08 bits per heavy atom. The van der Waals surface area contributed by atoms with Gasteiger partial charge in [0.25, 0.3) is 0 Å². The Hall–Kier alpha value is 3.12. The quantitative estimate of drug-likeness (QED) is 0.161. The minimum atomic E-state index is -5.39. The molecule has 0 aliphatic rings. The van der Waals surface area contributed by atoms with Gasteiger partial charge in [0.2, 0.25) is 10.4 Å². The van der Waals surface area contributed by atoms with Crippen LogP contribution >= 0.6 is 7.82 Å². The van der Waals surface area contributed by atoms with Gasteiger partial charge in [0.05, 0.1) is 0 Å². The number of phosphoric acid groups is 1. The van der Waals surface area contributed by atoms with Gasteiger partial charge in [0.15, 0.2) is 0 Å². The molecule has 0 spiro atoms. The van der Waals surface area contributed by atoms with Crippen molar-refractivity contribution < 1.29 is 36.8 Å². The summed E-state index contributed by atoms with van der Waals surface area (Å²) in [6.07, 6.45) is 0. The molecule has 1 N–H and O–H groups in total. The van der Waals surface area contributed by atoms with Crippen LogP contribution in [-0.4, -0.2) is 115 Å². The Morgan fingerprint density at radius 1 is 1.08 bits per heavy atom. The SMILES string of the molecule is O=P([O-])([O-])[O-].O=S(=O)([O-])O.[Ba+2].[Ba+2]. The number of hydrogen-bond donors (Lipinski definition) is 1. The maximum absolute atomic E-state index is 8.63. The summed E-state index contributed by atoms with van der Waals surface area (Å²) in [6, 6.07) is 0. The molecule has 0 aromatic heterocycles. The van der Waals surface area contributed by atoms with Crippen LogP contribution in [0.15, 0.2) is 0 Å². The molecule has 0 amide bonds. The van der Waals surface area contributed by atoms with Gasteiger partial charge in [-0.3, -0.25) is 4.55 Å². The third-order valence-electron chi connectivity index (χ3n) is 0. The normalized spacial score (nSPS) is 9.75. The summed E-state index contributed by atoms with van der Waals surface area (Å²) < 4.78 is 41.4. The fraction of sp³-hybridized carbons (Fsp3) is 0. The molecular weight excluding hydrogens is 466 g/mol. The molecule has 0 unspecified atom stereocenters. The summed E-state index contributed by atoms with van der Waals surface area (Å²) in [4.78, 5) is 25.6. The van der Waals surface area contributed by atoms with Crippen molar-refractivity contribution in [3.8, 4) is 0 Å². The largest absolute Gasteiger partial charge is 2.00 e. The molecule has 0 saturated heterocycles. The minimum absolute atomic E-state index is 0. The maximum atomic E-state index is 8.63. The van der Waals surface area contributed by atoms with E-state index in [1.54, 1.807) is 0 Å². The standard InChI is InChI=1S/2Ba.H3O4P.H2O4S/c;;2*1-5(2,3)4/h;;(H3,1,2,3,4);(H2,1,2,3,4)/q2*+2;;/p-4. The Balaban J connectivity index is -0.0000000457. The van der Waals surface area contributed by atoms with Crippen LogP contribution in [0.5, 0.6) is 0 Å². The molecule has 12 heavy (non-hydrogen) atoms. The van der Waals surface area contributed by atoms with Gasteiger partial charge in [-0.2, -0.15) is 7.82 Å². The molecule has 0 rings (SSSR count). The second-order valence-electron chi connectivity index (χ2n) is 0.875. The van der Waals surface area contributed by atoms with E-state index in [1.165, 1.54) is 0 Å². The molecule has 0 aliphatic carbocycles. The Bertz CT molecular complexity index is 195. The van der Waals surface area contributed by atoms with Gasteiger partial charge in [-0.25, -0.2) is 8.42 Å². The average Bonchev–Trinajstić information content (AvgIpc) is 1.12. The van der Waals surface area contributed by atoms with E-state index in [4.69, 9.17) is 36.8 Å². The van der Waals surface area contributed by atoms with Crippen molar-refractivity contribution in [1.29, 1.82) is 0 Å². The summed E-state index contributed by atoms with van der Waals surface area (Å²) in [7, 11) is -10.3. The first-order chi connectivity index (χ1) is 4.00. The predicted molar refractivity (Wildman–Crippen MR) is 31.4 cm³/mol. The first kappa shape index (κ1) is 24.4. The zero-order chi connectivity index (χ0) is 9.00. The molecule has 0 radical (unpaired) electrons. The van der Waals surface area contributed by atoms with Gasteiger partial charge in [0.1, 0.15) is 0 Å². The topological polar surface area (TPSA) is 164 Å². The van der Waals surface area contributed by atoms with Crippen molar-refractivity contribution in [2.45, 2.75) is 0 Å². The van der Waals surface area contributed by atoms with E-state index in [-0.39, 0.29) is 97.8 Å². The van der Waals surface area contributed by atoms with Gasteiger partial charge >= 0.3 is 97.8 Å². The van der Waals surface area contributed by atoms with Crippen LogP contribution < -0.4 is 14.7 Å². The van der Waals surface area contributed by atoms with E-state index >= 15 is 0 Å². The molecular formula is HBa2O8PS. The van der Waals surface area contributed by atoms with Crippen molar-refractivity contribution in [3.05, 3.63) is 0 Å². The van der Waals surface area contributed by atoms with E-state index in [9.17, 15) is 0 Å².